The number of aromatic nitrogens is 2. The standard InChI is InChI=1S/C8H11N3O2/c1-2-13-6-5-11-4-3-7(9)10-8(11)12/h2-4H,1,5-6H2,(H2,9,10,12). The van der Waals surface area contributed by atoms with Gasteiger partial charge in [-0.05, 0) is 6.07 Å². The molecule has 0 radical (unpaired) electrons. The van der Waals surface area contributed by atoms with E-state index in [0.717, 1.165) is 0 Å². The minimum atomic E-state index is -0.368. The predicted molar refractivity (Wildman–Crippen MR) is 49.1 cm³/mol. The zero-order chi connectivity index (χ0) is 9.68. The van der Waals surface area contributed by atoms with Gasteiger partial charge in [-0.3, -0.25) is 4.57 Å². The molecule has 0 saturated heterocycles. The number of rotatable bonds is 4. The summed E-state index contributed by atoms with van der Waals surface area (Å²) in [4.78, 5) is 14.7. The smallest absolute Gasteiger partial charge is 0.349 e. The minimum absolute atomic E-state index is 0.228. The predicted octanol–water partition coefficient (Wildman–Crippen LogP) is -0.0144. The van der Waals surface area contributed by atoms with Crippen LogP contribution in [0.3, 0.4) is 0 Å². The van der Waals surface area contributed by atoms with Gasteiger partial charge in [-0.15, -0.1) is 0 Å². The highest BCUT2D eigenvalue weighted by Gasteiger charge is 1.96. The Labute approximate surface area is 75.5 Å². The molecule has 0 aliphatic rings. The Kier molecular flexibility index (Phi) is 3.08. The van der Waals surface area contributed by atoms with Crippen LogP contribution < -0.4 is 11.4 Å². The fourth-order valence-corrected chi connectivity index (χ4v) is 0.847. The van der Waals surface area contributed by atoms with Gasteiger partial charge in [0.1, 0.15) is 12.4 Å². The molecular formula is C8H11N3O2. The first-order chi connectivity index (χ1) is 6.24. The van der Waals surface area contributed by atoms with Crippen LogP contribution in [0, 0.1) is 0 Å². The second-order valence-corrected chi connectivity index (χ2v) is 2.37. The normalized spacial score (nSPS) is 9.54. The molecule has 1 aromatic heterocycles. The molecule has 70 valence electrons. The molecule has 0 aliphatic heterocycles. The highest BCUT2D eigenvalue weighted by atomic mass is 16.5. The lowest BCUT2D eigenvalue weighted by molar-refractivity contribution is 0.234. The summed E-state index contributed by atoms with van der Waals surface area (Å²) < 4.78 is 6.28. The Bertz CT molecular complexity index is 345. The van der Waals surface area contributed by atoms with Gasteiger partial charge in [0.2, 0.25) is 0 Å². The van der Waals surface area contributed by atoms with Crippen molar-refractivity contribution in [1.82, 2.24) is 9.55 Å². The van der Waals surface area contributed by atoms with Gasteiger partial charge >= 0.3 is 5.69 Å². The molecule has 0 aromatic carbocycles. The number of hydrogen-bond acceptors (Lipinski definition) is 4. The van der Waals surface area contributed by atoms with Crippen LogP contribution in [-0.2, 0) is 11.3 Å². The molecule has 0 spiro atoms. The third-order valence-corrected chi connectivity index (χ3v) is 1.46. The van der Waals surface area contributed by atoms with Crippen LogP contribution in [0.5, 0.6) is 0 Å². The van der Waals surface area contributed by atoms with E-state index in [1.807, 2.05) is 0 Å². The third kappa shape index (κ3) is 2.62. The van der Waals surface area contributed by atoms with E-state index in [0.29, 0.717) is 13.2 Å². The van der Waals surface area contributed by atoms with Gasteiger partial charge in [-0.1, -0.05) is 6.58 Å². The molecular weight excluding hydrogens is 170 g/mol. The van der Waals surface area contributed by atoms with Crippen molar-refractivity contribution in [3.63, 3.8) is 0 Å². The Hall–Kier alpha value is -1.78. The molecule has 0 aliphatic carbocycles. The van der Waals surface area contributed by atoms with E-state index in [-0.39, 0.29) is 11.5 Å². The highest BCUT2D eigenvalue weighted by Crippen LogP contribution is 1.89. The molecule has 0 amide bonds. The quantitative estimate of drug-likeness (QED) is 0.523. The Balaban J connectivity index is 2.67. The summed E-state index contributed by atoms with van der Waals surface area (Å²) in [5.74, 6) is 0.228. The lowest BCUT2D eigenvalue weighted by Gasteiger charge is -2.03. The molecule has 5 heteroatoms. The summed E-state index contributed by atoms with van der Waals surface area (Å²) in [5.41, 5.74) is 4.94. The average Bonchev–Trinajstić information content (AvgIpc) is 2.09. The molecule has 0 atom stereocenters. The zero-order valence-corrected chi connectivity index (χ0v) is 7.14. The highest BCUT2D eigenvalue weighted by molar-refractivity contribution is 5.23. The largest absolute Gasteiger partial charge is 0.500 e. The van der Waals surface area contributed by atoms with Crippen LogP contribution in [-0.4, -0.2) is 16.2 Å². The van der Waals surface area contributed by atoms with Crippen LogP contribution in [0.15, 0.2) is 29.9 Å². The molecule has 5 nitrogen and oxygen atoms in total. The molecule has 1 heterocycles. The van der Waals surface area contributed by atoms with E-state index >= 15 is 0 Å². The van der Waals surface area contributed by atoms with Crippen molar-refractivity contribution < 1.29 is 4.74 Å². The summed E-state index contributed by atoms with van der Waals surface area (Å²) >= 11 is 0. The second kappa shape index (κ2) is 4.30. The summed E-state index contributed by atoms with van der Waals surface area (Å²) in [6.45, 7) is 4.22. The van der Waals surface area contributed by atoms with Gasteiger partial charge in [-0.2, -0.15) is 4.98 Å². The van der Waals surface area contributed by atoms with E-state index in [2.05, 4.69) is 11.6 Å². The minimum Gasteiger partial charge on any atom is -0.500 e. The van der Waals surface area contributed by atoms with Gasteiger partial charge in [0.15, 0.2) is 0 Å². The SMILES string of the molecule is C=COCCn1ccc(N)nc1=O. The molecule has 2 N–H and O–H groups in total. The second-order valence-electron chi connectivity index (χ2n) is 2.37. The van der Waals surface area contributed by atoms with Crippen LogP contribution in [0.2, 0.25) is 0 Å². The number of ether oxygens (including phenoxy) is 1. The van der Waals surface area contributed by atoms with Crippen LogP contribution >= 0.6 is 0 Å². The third-order valence-electron chi connectivity index (χ3n) is 1.46. The van der Waals surface area contributed by atoms with Gasteiger partial charge in [0.05, 0.1) is 12.8 Å². The topological polar surface area (TPSA) is 70.1 Å². The molecule has 1 aromatic rings. The van der Waals surface area contributed by atoms with E-state index in [1.54, 1.807) is 12.3 Å². The molecule has 0 unspecified atom stereocenters. The van der Waals surface area contributed by atoms with Crippen molar-refractivity contribution in [2.75, 3.05) is 12.3 Å². The first-order valence-electron chi connectivity index (χ1n) is 3.79. The first kappa shape index (κ1) is 9.31. The van der Waals surface area contributed by atoms with Gasteiger partial charge in [0, 0.05) is 6.20 Å². The maximum atomic E-state index is 11.1. The van der Waals surface area contributed by atoms with Crippen molar-refractivity contribution in [2.45, 2.75) is 6.54 Å². The summed E-state index contributed by atoms with van der Waals surface area (Å²) in [6, 6.07) is 1.56. The average molecular weight is 181 g/mol. The Morgan fingerprint density at radius 3 is 3.15 bits per heavy atom. The summed E-state index contributed by atoms with van der Waals surface area (Å²) in [7, 11) is 0. The lowest BCUT2D eigenvalue weighted by Crippen LogP contribution is -2.24. The van der Waals surface area contributed by atoms with Crippen molar-refractivity contribution in [3.05, 3.63) is 35.6 Å². The van der Waals surface area contributed by atoms with E-state index < -0.39 is 0 Å². The maximum Gasteiger partial charge on any atom is 0.349 e. The number of anilines is 1. The molecule has 0 bridgehead atoms. The Morgan fingerprint density at radius 1 is 1.77 bits per heavy atom. The van der Waals surface area contributed by atoms with Gasteiger partial charge in [0.25, 0.3) is 0 Å². The monoisotopic (exact) mass is 181 g/mol. The van der Waals surface area contributed by atoms with E-state index in [9.17, 15) is 4.79 Å². The molecule has 0 saturated carbocycles. The van der Waals surface area contributed by atoms with Crippen LogP contribution in [0.25, 0.3) is 0 Å². The molecule has 13 heavy (non-hydrogen) atoms. The fraction of sp³-hybridized carbons (Fsp3) is 0.250. The zero-order valence-electron chi connectivity index (χ0n) is 7.14. The van der Waals surface area contributed by atoms with Gasteiger partial charge in [-0.25, -0.2) is 4.79 Å². The number of nitrogens with two attached hydrogens (primary N) is 1. The fourth-order valence-electron chi connectivity index (χ4n) is 0.847. The van der Waals surface area contributed by atoms with Crippen LogP contribution in [0.1, 0.15) is 0 Å². The van der Waals surface area contributed by atoms with E-state index in [1.165, 1.54) is 10.8 Å². The maximum absolute atomic E-state index is 11.1. The van der Waals surface area contributed by atoms with Crippen molar-refractivity contribution in [3.8, 4) is 0 Å². The molecule has 0 fully saturated rings. The number of nitrogens with zero attached hydrogens (tertiary/aromatic N) is 2. The lowest BCUT2D eigenvalue weighted by atomic mass is 10.5. The Morgan fingerprint density at radius 2 is 2.54 bits per heavy atom. The van der Waals surface area contributed by atoms with Crippen LogP contribution in [0.4, 0.5) is 5.82 Å². The summed E-state index contributed by atoms with van der Waals surface area (Å²) in [6.07, 6.45) is 2.91. The van der Waals surface area contributed by atoms with Gasteiger partial charge < -0.3 is 10.5 Å². The molecule has 1 rings (SSSR count). The first-order valence-corrected chi connectivity index (χ1v) is 3.79. The van der Waals surface area contributed by atoms with Crippen molar-refractivity contribution in [1.29, 1.82) is 0 Å². The number of nitrogen functional groups attached to an aromatic ring is 1. The summed E-state index contributed by atoms with van der Waals surface area (Å²) in [5, 5.41) is 0. The van der Waals surface area contributed by atoms with Crippen molar-refractivity contribution in [2.24, 2.45) is 0 Å². The van der Waals surface area contributed by atoms with E-state index in [4.69, 9.17) is 10.5 Å². The van der Waals surface area contributed by atoms with Crippen molar-refractivity contribution >= 4 is 5.82 Å². The number of hydrogen-bond donors (Lipinski definition) is 1.